The molecule has 5 nitrogen and oxygen atoms in total. The standard InChI is InChI=1S/C21H21N3O2/c22-14-15-6-12-19(13-7-15)24-21(26)17-10-8-16(9-11-17)20(25)23-18-4-2-1-3-5-18/h1-7,12-13,16-17H,8-11H2,(H,23,25)(H,24,26). The molecule has 0 saturated heterocycles. The summed E-state index contributed by atoms with van der Waals surface area (Å²) in [7, 11) is 0. The Bertz CT molecular complexity index is 801. The molecule has 132 valence electrons. The highest BCUT2D eigenvalue weighted by Gasteiger charge is 2.30. The Kier molecular flexibility index (Phi) is 5.65. The van der Waals surface area contributed by atoms with Crippen molar-refractivity contribution in [3.05, 3.63) is 60.2 Å². The molecule has 5 heteroatoms. The molecule has 0 heterocycles. The molecule has 2 aromatic rings. The summed E-state index contributed by atoms with van der Waals surface area (Å²) in [6.45, 7) is 0. The van der Waals surface area contributed by atoms with Crippen molar-refractivity contribution in [2.75, 3.05) is 10.6 Å². The van der Waals surface area contributed by atoms with E-state index in [2.05, 4.69) is 16.7 Å². The zero-order chi connectivity index (χ0) is 18.4. The van der Waals surface area contributed by atoms with E-state index in [0.717, 1.165) is 5.69 Å². The van der Waals surface area contributed by atoms with Crippen LogP contribution in [0, 0.1) is 23.2 Å². The minimum Gasteiger partial charge on any atom is -0.326 e. The molecule has 2 amide bonds. The van der Waals surface area contributed by atoms with Crippen molar-refractivity contribution in [1.29, 1.82) is 5.26 Å². The van der Waals surface area contributed by atoms with Crippen molar-refractivity contribution >= 4 is 23.2 Å². The highest BCUT2D eigenvalue weighted by atomic mass is 16.2. The van der Waals surface area contributed by atoms with Gasteiger partial charge in [-0.15, -0.1) is 0 Å². The van der Waals surface area contributed by atoms with E-state index in [4.69, 9.17) is 5.26 Å². The summed E-state index contributed by atoms with van der Waals surface area (Å²) in [4.78, 5) is 24.8. The maximum absolute atomic E-state index is 12.4. The van der Waals surface area contributed by atoms with Crippen LogP contribution in [0.5, 0.6) is 0 Å². The van der Waals surface area contributed by atoms with E-state index in [1.54, 1.807) is 24.3 Å². The number of para-hydroxylation sites is 1. The van der Waals surface area contributed by atoms with E-state index in [-0.39, 0.29) is 23.7 Å². The summed E-state index contributed by atoms with van der Waals surface area (Å²) in [6.07, 6.45) is 2.83. The van der Waals surface area contributed by atoms with Crippen LogP contribution < -0.4 is 10.6 Å². The number of carbonyl (C=O) groups excluding carboxylic acids is 2. The third-order valence-corrected chi connectivity index (χ3v) is 4.79. The fraction of sp³-hybridized carbons (Fsp3) is 0.286. The van der Waals surface area contributed by atoms with Gasteiger partial charge in [0, 0.05) is 23.2 Å². The molecule has 1 aliphatic rings. The van der Waals surface area contributed by atoms with Gasteiger partial charge in [0.1, 0.15) is 0 Å². The molecule has 3 rings (SSSR count). The number of amides is 2. The zero-order valence-corrected chi connectivity index (χ0v) is 14.4. The Balaban J connectivity index is 1.48. The largest absolute Gasteiger partial charge is 0.326 e. The summed E-state index contributed by atoms with van der Waals surface area (Å²) in [5.74, 6) is -0.112. The fourth-order valence-electron chi connectivity index (χ4n) is 3.26. The van der Waals surface area contributed by atoms with E-state index in [0.29, 0.717) is 36.9 Å². The summed E-state index contributed by atoms with van der Waals surface area (Å²) in [5.41, 5.74) is 2.06. The lowest BCUT2D eigenvalue weighted by Gasteiger charge is -2.27. The van der Waals surface area contributed by atoms with Gasteiger partial charge in [0.05, 0.1) is 11.6 Å². The van der Waals surface area contributed by atoms with E-state index in [1.165, 1.54) is 0 Å². The number of nitrogens with one attached hydrogen (secondary N) is 2. The molecular weight excluding hydrogens is 326 g/mol. The Hall–Kier alpha value is -3.13. The summed E-state index contributed by atoms with van der Waals surface area (Å²) in [5, 5.41) is 14.6. The van der Waals surface area contributed by atoms with Gasteiger partial charge in [0.15, 0.2) is 0 Å². The number of nitriles is 1. The van der Waals surface area contributed by atoms with Gasteiger partial charge < -0.3 is 10.6 Å². The predicted molar refractivity (Wildman–Crippen MR) is 100 cm³/mol. The van der Waals surface area contributed by atoms with Gasteiger partial charge in [-0.2, -0.15) is 5.26 Å². The SMILES string of the molecule is N#Cc1ccc(NC(=O)C2CCC(C(=O)Nc3ccccc3)CC2)cc1. The average molecular weight is 347 g/mol. The third kappa shape index (κ3) is 4.48. The molecule has 0 aromatic heterocycles. The van der Waals surface area contributed by atoms with Crippen molar-refractivity contribution in [2.24, 2.45) is 11.8 Å². The second-order valence-electron chi connectivity index (χ2n) is 6.58. The van der Waals surface area contributed by atoms with Gasteiger partial charge in [0.2, 0.25) is 11.8 Å². The molecule has 2 N–H and O–H groups in total. The Morgan fingerprint density at radius 3 is 1.69 bits per heavy atom. The Morgan fingerprint density at radius 2 is 1.23 bits per heavy atom. The molecule has 26 heavy (non-hydrogen) atoms. The number of anilines is 2. The average Bonchev–Trinajstić information content (AvgIpc) is 2.69. The van der Waals surface area contributed by atoms with Crippen LogP contribution in [0.25, 0.3) is 0 Å². The topological polar surface area (TPSA) is 82.0 Å². The number of rotatable bonds is 4. The third-order valence-electron chi connectivity index (χ3n) is 4.79. The van der Waals surface area contributed by atoms with Crippen LogP contribution in [-0.2, 0) is 9.59 Å². The van der Waals surface area contributed by atoms with Crippen molar-refractivity contribution in [2.45, 2.75) is 25.7 Å². The van der Waals surface area contributed by atoms with Gasteiger partial charge in [-0.1, -0.05) is 18.2 Å². The van der Waals surface area contributed by atoms with Crippen LogP contribution in [0.2, 0.25) is 0 Å². The number of benzene rings is 2. The van der Waals surface area contributed by atoms with Gasteiger partial charge in [0.25, 0.3) is 0 Å². The van der Waals surface area contributed by atoms with E-state index < -0.39 is 0 Å². The molecule has 0 bridgehead atoms. The van der Waals surface area contributed by atoms with Crippen LogP contribution >= 0.6 is 0 Å². The van der Waals surface area contributed by atoms with Crippen LogP contribution in [0.3, 0.4) is 0 Å². The molecule has 0 unspecified atom stereocenters. The molecule has 1 saturated carbocycles. The lowest BCUT2D eigenvalue weighted by atomic mass is 9.81. The Morgan fingerprint density at radius 1 is 0.769 bits per heavy atom. The monoisotopic (exact) mass is 347 g/mol. The minimum atomic E-state index is -0.0774. The summed E-state index contributed by atoms with van der Waals surface area (Å²) in [6, 6.07) is 18.3. The molecule has 0 atom stereocenters. The lowest BCUT2D eigenvalue weighted by Crippen LogP contribution is -2.32. The second-order valence-corrected chi connectivity index (χ2v) is 6.58. The maximum Gasteiger partial charge on any atom is 0.227 e. The van der Waals surface area contributed by atoms with Gasteiger partial charge in [-0.3, -0.25) is 9.59 Å². The molecule has 0 aliphatic heterocycles. The first-order chi connectivity index (χ1) is 12.7. The number of nitrogens with zero attached hydrogens (tertiary/aromatic N) is 1. The van der Waals surface area contributed by atoms with Gasteiger partial charge >= 0.3 is 0 Å². The van der Waals surface area contributed by atoms with Crippen molar-refractivity contribution in [3.8, 4) is 6.07 Å². The fourth-order valence-corrected chi connectivity index (χ4v) is 3.26. The Labute approximate surface area is 153 Å². The van der Waals surface area contributed by atoms with E-state index in [9.17, 15) is 9.59 Å². The molecular formula is C21H21N3O2. The first-order valence-corrected chi connectivity index (χ1v) is 8.82. The quantitative estimate of drug-likeness (QED) is 0.879. The normalized spacial score (nSPS) is 19.2. The van der Waals surface area contributed by atoms with Crippen LogP contribution in [0.15, 0.2) is 54.6 Å². The molecule has 0 radical (unpaired) electrons. The lowest BCUT2D eigenvalue weighted by molar-refractivity contribution is -0.125. The molecule has 1 aliphatic carbocycles. The highest BCUT2D eigenvalue weighted by molar-refractivity contribution is 5.94. The van der Waals surface area contributed by atoms with Crippen LogP contribution in [0.1, 0.15) is 31.2 Å². The van der Waals surface area contributed by atoms with Crippen molar-refractivity contribution < 1.29 is 9.59 Å². The molecule has 0 spiro atoms. The van der Waals surface area contributed by atoms with E-state index in [1.807, 2.05) is 30.3 Å². The molecule has 1 fully saturated rings. The highest BCUT2D eigenvalue weighted by Crippen LogP contribution is 2.30. The second kappa shape index (κ2) is 8.30. The summed E-state index contributed by atoms with van der Waals surface area (Å²) < 4.78 is 0. The van der Waals surface area contributed by atoms with Crippen LogP contribution in [0.4, 0.5) is 11.4 Å². The van der Waals surface area contributed by atoms with Crippen LogP contribution in [-0.4, -0.2) is 11.8 Å². The smallest absolute Gasteiger partial charge is 0.227 e. The predicted octanol–water partition coefficient (Wildman–Crippen LogP) is 3.94. The maximum atomic E-state index is 12.4. The minimum absolute atomic E-state index is 0.0170. The number of hydrogen-bond donors (Lipinski definition) is 2. The first kappa shape index (κ1) is 17.7. The summed E-state index contributed by atoms with van der Waals surface area (Å²) >= 11 is 0. The van der Waals surface area contributed by atoms with Gasteiger partial charge in [-0.25, -0.2) is 0 Å². The number of hydrogen-bond acceptors (Lipinski definition) is 3. The zero-order valence-electron chi connectivity index (χ0n) is 14.4. The van der Waals surface area contributed by atoms with Crippen molar-refractivity contribution in [3.63, 3.8) is 0 Å². The molecule has 2 aromatic carbocycles. The number of carbonyl (C=O) groups is 2. The van der Waals surface area contributed by atoms with Gasteiger partial charge in [-0.05, 0) is 62.1 Å². The van der Waals surface area contributed by atoms with E-state index >= 15 is 0 Å². The first-order valence-electron chi connectivity index (χ1n) is 8.82. The van der Waals surface area contributed by atoms with Crippen molar-refractivity contribution in [1.82, 2.24) is 0 Å².